The number of carbonyl (C=O) groups is 1. The molecule has 0 aliphatic carbocycles. The Kier molecular flexibility index (Phi) is 5.89. The van der Waals surface area contributed by atoms with Gasteiger partial charge in [-0.2, -0.15) is 5.10 Å². The van der Waals surface area contributed by atoms with E-state index in [9.17, 15) is 4.79 Å². The number of hydrogen-bond donors (Lipinski definition) is 1. The molecule has 3 aromatic heterocycles. The van der Waals surface area contributed by atoms with Crippen molar-refractivity contribution >= 4 is 34.3 Å². The number of aromatic nitrogens is 5. The minimum atomic E-state index is 0.00752. The second-order valence-electron chi connectivity index (χ2n) is 7.48. The minimum Gasteiger partial charge on any atom is -0.338 e. The third kappa shape index (κ3) is 4.56. The number of carbonyl (C=O) groups excluding carboxylic acids is 1. The van der Waals surface area contributed by atoms with Gasteiger partial charge in [-0.3, -0.25) is 14.5 Å². The fraction of sp³-hybridized carbons (Fsp3) is 0.381. The molecule has 8 nitrogen and oxygen atoms in total. The Balaban J connectivity index is 1.48. The van der Waals surface area contributed by atoms with Gasteiger partial charge in [0.2, 0.25) is 5.91 Å². The first kappa shape index (κ1) is 20.2. The normalized spacial score (nSPS) is 16.9. The molecule has 4 rings (SSSR count). The molecule has 1 fully saturated rings. The summed E-state index contributed by atoms with van der Waals surface area (Å²) in [6.07, 6.45) is 12.3. The predicted octanol–water partition coefficient (Wildman–Crippen LogP) is 3.45. The molecule has 1 unspecified atom stereocenters. The second-order valence-corrected chi connectivity index (χ2v) is 8.68. The molecule has 0 radical (unpaired) electrons. The number of hydrogen-bond acceptors (Lipinski definition) is 7. The van der Waals surface area contributed by atoms with E-state index in [2.05, 4.69) is 32.3 Å². The molecule has 1 N–H and O–H groups in total. The SMILES string of the molecule is Cc1nc(Nc2nccnc2C2CCCN(C(=O)C=Cc3cnn(C)c3)C2)sc1C. The van der Waals surface area contributed by atoms with Crippen LogP contribution in [-0.4, -0.2) is 48.6 Å². The summed E-state index contributed by atoms with van der Waals surface area (Å²) in [5.74, 6) is 0.859. The van der Waals surface area contributed by atoms with E-state index in [0.29, 0.717) is 6.54 Å². The zero-order valence-corrected chi connectivity index (χ0v) is 18.2. The van der Waals surface area contributed by atoms with Gasteiger partial charge in [-0.25, -0.2) is 9.97 Å². The molecule has 0 saturated carbocycles. The lowest BCUT2D eigenvalue weighted by molar-refractivity contribution is -0.127. The van der Waals surface area contributed by atoms with Crippen LogP contribution in [0.2, 0.25) is 0 Å². The first-order valence-electron chi connectivity index (χ1n) is 9.97. The first-order chi connectivity index (χ1) is 14.5. The van der Waals surface area contributed by atoms with Crippen LogP contribution in [0, 0.1) is 13.8 Å². The largest absolute Gasteiger partial charge is 0.338 e. The Morgan fingerprint density at radius 2 is 2.13 bits per heavy atom. The van der Waals surface area contributed by atoms with Crippen molar-refractivity contribution in [2.45, 2.75) is 32.6 Å². The average molecular weight is 424 g/mol. The van der Waals surface area contributed by atoms with E-state index in [1.54, 1.807) is 46.8 Å². The number of thiazole rings is 1. The van der Waals surface area contributed by atoms with Gasteiger partial charge in [0.25, 0.3) is 0 Å². The van der Waals surface area contributed by atoms with E-state index < -0.39 is 0 Å². The van der Waals surface area contributed by atoms with Crippen LogP contribution in [0.1, 0.15) is 40.6 Å². The summed E-state index contributed by atoms with van der Waals surface area (Å²) in [6, 6.07) is 0. The number of anilines is 2. The van der Waals surface area contributed by atoms with Crippen LogP contribution in [-0.2, 0) is 11.8 Å². The number of likely N-dealkylation sites (tertiary alicyclic amines) is 1. The summed E-state index contributed by atoms with van der Waals surface area (Å²) < 4.78 is 1.72. The van der Waals surface area contributed by atoms with Crippen LogP contribution in [0.4, 0.5) is 10.9 Å². The van der Waals surface area contributed by atoms with Gasteiger partial charge in [-0.1, -0.05) is 0 Å². The highest BCUT2D eigenvalue weighted by atomic mass is 32.1. The Morgan fingerprint density at radius 3 is 2.87 bits per heavy atom. The Hall–Kier alpha value is -3.07. The molecule has 1 saturated heterocycles. The summed E-state index contributed by atoms with van der Waals surface area (Å²) in [5.41, 5.74) is 2.81. The van der Waals surface area contributed by atoms with Gasteiger partial charge in [-0.05, 0) is 32.8 Å². The van der Waals surface area contributed by atoms with E-state index in [1.807, 2.05) is 25.1 Å². The number of nitrogens with zero attached hydrogens (tertiary/aromatic N) is 6. The number of amides is 1. The lowest BCUT2D eigenvalue weighted by atomic mass is 9.94. The molecule has 3 aromatic rings. The number of piperidine rings is 1. The van der Waals surface area contributed by atoms with E-state index in [-0.39, 0.29) is 11.8 Å². The zero-order chi connectivity index (χ0) is 21.1. The van der Waals surface area contributed by atoms with Crippen LogP contribution >= 0.6 is 11.3 Å². The van der Waals surface area contributed by atoms with Gasteiger partial charge in [0.05, 0.1) is 17.6 Å². The number of nitrogens with one attached hydrogen (secondary N) is 1. The third-order valence-electron chi connectivity index (χ3n) is 5.24. The Bertz CT molecular complexity index is 1050. The summed E-state index contributed by atoms with van der Waals surface area (Å²) in [6.45, 7) is 5.43. The van der Waals surface area contributed by atoms with E-state index >= 15 is 0 Å². The van der Waals surface area contributed by atoms with Gasteiger partial charge >= 0.3 is 0 Å². The van der Waals surface area contributed by atoms with Gasteiger partial charge < -0.3 is 10.2 Å². The maximum Gasteiger partial charge on any atom is 0.246 e. The van der Waals surface area contributed by atoms with Gasteiger partial charge in [-0.15, -0.1) is 11.3 Å². The number of rotatable bonds is 5. The van der Waals surface area contributed by atoms with E-state index in [1.165, 1.54) is 4.88 Å². The summed E-state index contributed by atoms with van der Waals surface area (Å²) in [4.78, 5) is 29.4. The van der Waals surface area contributed by atoms with Crippen molar-refractivity contribution in [3.63, 3.8) is 0 Å². The molecule has 1 aliphatic heterocycles. The fourth-order valence-electron chi connectivity index (χ4n) is 3.57. The first-order valence-corrected chi connectivity index (χ1v) is 10.8. The van der Waals surface area contributed by atoms with Crippen LogP contribution in [0.5, 0.6) is 0 Å². The molecule has 0 aromatic carbocycles. The molecule has 1 amide bonds. The monoisotopic (exact) mass is 423 g/mol. The van der Waals surface area contributed by atoms with Gasteiger partial charge in [0, 0.05) is 61.2 Å². The van der Waals surface area contributed by atoms with Crippen molar-refractivity contribution in [2.75, 3.05) is 18.4 Å². The molecule has 1 aliphatic rings. The van der Waals surface area contributed by atoms with Crippen LogP contribution in [0.25, 0.3) is 6.08 Å². The van der Waals surface area contributed by atoms with E-state index in [0.717, 1.165) is 47.3 Å². The summed E-state index contributed by atoms with van der Waals surface area (Å²) in [5, 5.41) is 8.27. The molecular weight excluding hydrogens is 398 g/mol. The Labute approximate surface area is 179 Å². The highest BCUT2D eigenvalue weighted by Gasteiger charge is 2.27. The molecule has 4 heterocycles. The lowest BCUT2D eigenvalue weighted by Crippen LogP contribution is -2.38. The average Bonchev–Trinajstić information content (AvgIpc) is 3.31. The topological polar surface area (TPSA) is 88.8 Å². The van der Waals surface area contributed by atoms with Crippen LogP contribution < -0.4 is 5.32 Å². The summed E-state index contributed by atoms with van der Waals surface area (Å²) in [7, 11) is 1.86. The standard InChI is InChI=1S/C21H25N7OS/c1-14-15(2)30-21(25-14)26-20-19(22-8-9-23-20)17-5-4-10-28(13-17)18(29)7-6-16-11-24-27(3)12-16/h6-9,11-12,17H,4-5,10,13H2,1-3H3,(H,23,25,26). The van der Waals surface area contributed by atoms with Crippen molar-refractivity contribution in [1.29, 1.82) is 0 Å². The maximum atomic E-state index is 12.7. The Morgan fingerprint density at radius 1 is 1.30 bits per heavy atom. The zero-order valence-electron chi connectivity index (χ0n) is 17.4. The molecule has 0 spiro atoms. The lowest BCUT2D eigenvalue weighted by Gasteiger charge is -2.32. The van der Waals surface area contributed by atoms with E-state index in [4.69, 9.17) is 0 Å². The smallest absolute Gasteiger partial charge is 0.246 e. The quantitative estimate of drug-likeness (QED) is 0.633. The maximum absolute atomic E-state index is 12.7. The van der Waals surface area contributed by atoms with Crippen LogP contribution in [0.15, 0.2) is 30.9 Å². The molecule has 30 heavy (non-hydrogen) atoms. The molecule has 1 atom stereocenters. The van der Waals surface area contributed by atoms with Crippen molar-refractivity contribution < 1.29 is 4.79 Å². The second kappa shape index (κ2) is 8.74. The molecule has 156 valence electrons. The highest BCUT2D eigenvalue weighted by Crippen LogP contribution is 2.32. The molecular formula is C21H25N7OS. The minimum absolute atomic E-state index is 0.00752. The third-order valence-corrected chi connectivity index (χ3v) is 6.23. The van der Waals surface area contributed by atoms with Crippen LogP contribution in [0.3, 0.4) is 0 Å². The van der Waals surface area contributed by atoms with Crippen molar-refractivity contribution in [1.82, 2.24) is 29.6 Å². The molecule has 0 bridgehead atoms. The van der Waals surface area contributed by atoms with Crippen molar-refractivity contribution in [3.05, 3.63) is 52.7 Å². The van der Waals surface area contributed by atoms with Crippen molar-refractivity contribution in [3.8, 4) is 0 Å². The van der Waals surface area contributed by atoms with Gasteiger partial charge in [0.15, 0.2) is 10.9 Å². The van der Waals surface area contributed by atoms with Crippen molar-refractivity contribution in [2.24, 2.45) is 7.05 Å². The highest BCUT2D eigenvalue weighted by molar-refractivity contribution is 7.15. The van der Waals surface area contributed by atoms with Gasteiger partial charge in [0.1, 0.15) is 0 Å². The summed E-state index contributed by atoms with van der Waals surface area (Å²) >= 11 is 1.61. The fourth-order valence-corrected chi connectivity index (χ4v) is 4.38. The molecule has 9 heteroatoms. The predicted molar refractivity (Wildman–Crippen MR) is 118 cm³/mol. The number of aryl methyl sites for hydroxylation is 3.